The molecule has 184 valence electrons. The molecular formula is C25H27FN4O4S. The summed E-state index contributed by atoms with van der Waals surface area (Å²) in [7, 11) is -2.50. The molecule has 0 bridgehead atoms. The van der Waals surface area contributed by atoms with Gasteiger partial charge in [0.25, 0.3) is 15.9 Å². The third kappa shape index (κ3) is 5.90. The van der Waals surface area contributed by atoms with E-state index in [1.54, 1.807) is 42.5 Å². The van der Waals surface area contributed by atoms with Crippen molar-refractivity contribution in [1.82, 2.24) is 10.6 Å². The molecule has 0 atom stereocenters. The number of anilines is 2. The Morgan fingerprint density at radius 2 is 1.83 bits per heavy atom. The molecule has 3 aromatic carbocycles. The van der Waals surface area contributed by atoms with Crippen molar-refractivity contribution in [1.29, 1.82) is 0 Å². The van der Waals surface area contributed by atoms with Gasteiger partial charge >= 0.3 is 0 Å². The Labute approximate surface area is 204 Å². The van der Waals surface area contributed by atoms with Crippen LogP contribution in [0.3, 0.4) is 0 Å². The van der Waals surface area contributed by atoms with Gasteiger partial charge < -0.3 is 20.3 Å². The predicted octanol–water partition coefficient (Wildman–Crippen LogP) is 2.97. The second kappa shape index (κ2) is 10.7. The van der Waals surface area contributed by atoms with Crippen LogP contribution < -0.4 is 25.0 Å². The fraction of sp³-hybridized carbons (Fsp3) is 0.240. The first kappa shape index (κ1) is 24.5. The number of amides is 1. The van der Waals surface area contributed by atoms with Crippen LogP contribution in [0.4, 0.5) is 15.8 Å². The van der Waals surface area contributed by atoms with Gasteiger partial charge in [0.05, 0.1) is 23.4 Å². The fourth-order valence-electron chi connectivity index (χ4n) is 3.83. The molecule has 1 amide bonds. The summed E-state index contributed by atoms with van der Waals surface area (Å²) in [6.07, 6.45) is 0. The summed E-state index contributed by atoms with van der Waals surface area (Å²) in [5, 5.41) is 5.96. The van der Waals surface area contributed by atoms with E-state index < -0.39 is 21.7 Å². The average molecular weight is 499 g/mol. The van der Waals surface area contributed by atoms with Crippen LogP contribution in [0.2, 0.25) is 0 Å². The van der Waals surface area contributed by atoms with E-state index in [2.05, 4.69) is 20.3 Å². The molecule has 0 radical (unpaired) electrons. The van der Waals surface area contributed by atoms with Crippen LogP contribution in [0.15, 0.2) is 71.6 Å². The molecule has 0 spiro atoms. The van der Waals surface area contributed by atoms with E-state index >= 15 is 0 Å². The summed E-state index contributed by atoms with van der Waals surface area (Å²) < 4.78 is 48.1. The van der Waals surface area contributed by atoms with Crippen LogP contribution in [0.1, 0.15) is 15.9 Å². The van der Waals surface area contributed by atoms with Gasteiger partial charge in [-0.3, -0.25) is 9.52 Å². The van der Waals surface area contributed by atoms with Crippen molar-refractivity contribution in [3.05, 3.63) is 83.7 Å². The number of benzene rings is 3. The maximum absolute atomic E-state index is 13.9. The van der Waals surface area contributed by atoms with E-state index in [0.717, 1.165) is 13.1 Å². The number of rotatable bonds is 8. The molecule has 1 saturated heterocycles. The van der Waals surface area contributed by atoms with E-state index in [0.29, 0.717) is 30.1 Å². The van der Waals surface area contributed by atoms with Crippen LogP contribution in [0.25, 0.3) is 0 Å². The van der Waals surface area contributed by atoms with Crippen LogP contribution in [-0.4, -0.2) is 47.6 Å². The normalized spacial score (nSPS) is 13.8. The number of carbonyl (C=O) groups excluding carboxylic acids is 1. The molecule has 1 fully saturated rings. The van der Waals surface area contributed by atoms with Crippen molar-refractivity contribution in [2.45, 2.75) is 11.4 Å². The highest BCUT2D eigenvalue weighted by atomic mass is 32.2. The third-order valence-corrected chi connectivity index (χ3v) is 7.07. The quantitative estimate of drug-likeness (QED) is 0.442. The van der Waals surface area contributed by atoms with Crippen LogP contribution in [0.5, 0.6) is 5.75 Å². The van der Waals surface area contributed by atoms with E-state index in [4.69, 9.17) is 4.74 Å². The number of sulfonamides is 1. The van der Waals surface area contributed by atoms with E-state index in [9.17, 15) is 17.6 Å². The number of carbonyl (C=O) groups is 1. The molecule has 4 rings (SSSR count). The fourth-order valence-corrected chi connectivity index (χ4v) is 4.93. The monoisotopic (exact) mass is 498 g/mol. The highest BCUT2D eigenvalue weighted by Crippen LogP contribution is 2.30. The second-order valence-corrected chi connectivity index (χ2v) is 9.71. The minimum absolute atomic E-state index is 0.00984. The van der Waals surface area contributed by atoms with Gasteiger partial charge in [0.1, 0.15) is 11.6 Å². The van der Waals surface area contributed by atoms with Crippen molar-refractivity contribution in [2.24, 2.45) is 0 Å². The molecule has 8 nitrogen and oxygen atoms in total. The maximum atomic E-state index is 13.9. The van der Waals surface area contributed by atoms with E-state index in [1.807, 2.05) is 0 Å². The zero-order valence-corrected chi connectivity index (χ0v) is 20.1. The number of methoxy groups -OCH3 is 1. The summed E-state index contributed by atoms with van der Waals surface area (Å²) >= 11 is 0. The number of piperazine rings is 1. The minimum Gasteiger partial charge on any atom is -0.497 e. The van der Waals surface area contributed by atoms with E-state index in [-0.39, 0.29) is 22.7 Å². The molecular weight excluding hydrogens is 471 g/mol. The number of hydrogen-bond acceptors (Lipinski definition) is 6. The summed E-state index contributed by atoms with van der Waals surface area (Å²) in [4.78, 5) is 14.9. The predicted molar refractivity (Wildman–Crippen MR) is 133 cm³/mol. The third-order valence-electron chi connectivity index (χ3n) is 5.71. The van der Waals surface area contributed by atoms with Crippen LogP contribution in [-0.2, 0) is 16.6 Å². The Bertz CT molecular complexity index is 1310. The number of halogens is 1. The molecule has 0 aromatic heterocycles. The van der Waals surface area contributed by atoms with Crippen molar-refractivity contribution in [2.75, 3.05) is 42.9 Å². The molecule has 0 aliphatic carbocycles. The van der Waals surface area contributed by atoms with Crippen molar-refractivity contribution in [3.63, 3.8) is 0 Å². The molecule has 1 aliphatic heterocycles. The highest BCUT2D eigenvalue weighted by molar-refractivity contribution is 7.92. The average Bonchev–Trinajstić information content (AvgIpc) is 2.88. The standard InChI is InChI=1S/C25H27FN4O4S/c1-34-20-6-4-7-21(16-20)35(32,33)29-23-15-18(9-10-24(23)30-13-11-27-12-14-30)25(31)28-17-19-5-2-3-8-22(19)26/h2-10,15-16,27,29H,11-14,17H2,1H3,(H,28,31). The number of nitrogens with zero attached hydrogens (tertiary/aromatic N) is 1. The first-order valence-electron chi connectivity index (χ1n) is 11.2. The smallest absolute Gasteiger partial charge is 0.262 e. The van der Waals surface area contributed by atoms with Gasteiger partial charge in [-0.25, -0.2) is 12.8 Å². The Morgan fingerprint density at radius 3 is 2.57 bits per heavy atom. The Morgan fingerprint density at radius 1 is 1.06 bits per heavy atom. The van der Waals surface area contributed by atoms with Gasteiger partial charge in [-0.1, -0.05) is 24.3 Å². The molecule has 3 N–H and O–H groups in total. The Balaban J connectivity index is 1.63. The highest BCUT2D eigenvalue weighted by Gasteiger charge is 2.22. The lowest BCUT2D eigenvalue weighted by Crippen LogP contribution is -2.43. The number of ether oxygens (including phenoxy) is 1. The summed E-state index contributed by atoms with van der Waals surface area (Å²) in [6, 6.07) is 17.2. The Hall–Kier alpha value is -3.63. The summed E-state index contributed by atoms with van der Waals surface area (Å²) in [5.41, 5.74) is 1.57. The number of nitrogens with one attached hydrogen (secondary N) is 3. The lowest BCUT2D eigenvalue weighted by atomic mass is 10.1. The van der Waals surface area contributed by atoms with Gasteiger partial charge in [0.15, 0.2) is 0 Å². The largest absolute Gasteiger partial charge is 0.497 e. The number of hydrogen-bond donors (Lipinski definition) is 3. The zero-order chi connectivity index (χ0) is 24.8. The van der Waals surface area contributed by atoms with Crippen LogP contribution >= 0.6 is 0 Å². The van der Waals surface area contributed by atoms with Gasteiger partial charge in [-0.2, -0.15) is 0 Å². The maximum Gasteiger partial charge on any atom is 0.262 e. The molecule has 10 heteroatoms. The molecule has 1 aliphatic rings. The molecule has 3 aromatic rings. The van der Waals surface area contributed by atoms with Crippen LogP contribution in [0, 0.1) is 5.82 Å². The first-order chi connectivity index (χ1) is 16.9. The van der Waals surface area contributed by atoms with Crippen molar-refractivity contribution >= 4 is 27.3 Å². The second-order valence-electron chi connectivity index (χ2n) is 8.03. The van der Waals surface area contributed by atoms with Gasteiger partial charge in [0.2, 0.25) is 0 Å². The van der Waals surface area contributed by atoms with Crippen molar-refractivity contribution < 1.29 is 22.3 Å². The van der Waals surface area contributed by atoms with Gasteiger partial charge in [-0.05, 0) is 36.4 Å². The molecule has 35 heavy (non-hydrogen) atoms. The van der Waals surface area contributed by atoms with Gasteiger partial charge in [-0.15, -0.1) is 0 Å². The summed E-state index contributed by atoms with van der Waals surface area (Å²) in [6.45, 7) is 2.90. The van der Waals surface area contributed by atoms with E-state index in [1.165, 1.54) is 31.4 Å². The Kier molecular flexibility index (Phi) is 7.52. The first-order valence-corrected chi connectivity index (χ1v) is 12.6. The lowest BCUT2D eigenvalue weighted by Gasteiger charge is -2.31. The molecule has 1 heterocycles. The molecule has 0 saturated carbocycles. The topological polar surface area (TPSA) is 99.8 Å². The molecule has 0 unspecified atom stereocenters. The minimum atomic E-state index is -3.96. The van der Waals surface area contributed by atoms with Gasteiger partial charge in [0, 0.05) is 49.9 Å². The SMILES string of the molecule is COc1cccc(S(=O)(=O)Nc2cc(C(=O)NCc3ccccc3F)ccc2N2CCNCC2)c1. The lowest BCUT2D eigenvalue weighted by molar-refractivity contribution is 0.0950. The zero-order valence-electron chi connectivity index (χ0n) is 19.3. The summed E-state index contributed by atoms with van der Waals surface area (Å²) in [5.74, 6) is -0.438. The van der Waals surface area contributed by atoms with Crippen molar-refractivity contribution in [3.8, 4) is 5.75 Å².